The molecule has 3 N–H and O–H groups in total. The number of benzene rings is 1. The summed E-state index contributed by atoms with van der Waals surface area (Å²) in [6, 6.07) is 3.76. The number of rotatable bonds is 5. The molecule has 0 bridgehead atoms. The van der Waals surface area contributed by atoms with E-state index in [1.807, 2.05) is 19.1 Å². The average Bonchev–Trinajstić information content (AvgIpc) is 2.31. The predicted octanol–water partition coefficient (Wildman–Crippen LogP) is 1.87. The Balaban J connectivity index is 2.99. The average molecular weight is 379 g/mol. The van der Waals surface area contributed by atoms with Crippen LogP contribution in [-0.2, 0) is 0 Å². The molecule has 0 spiro atoms. The number of hydrogen-bond donors (Lipinski definition) is 2. The van der Waals surface area contributed by atoms with E-state index in [2.05, 4.69) is 45.3 Å². The third-order valence-corrected chi connectivity index (χ3v) is 2.82. The van der Waals surface area contributed by atoms with Gasteiger partial charge in [-0.25, -0.2) is 0 Å². The number of methoxy groups -OCH3 is 1. The van der Waals surface area contributed by atoms with E-state index in [0.717, 1.165) is 14.9 Å². The van der Waals surface area contributed by atoms with E-state index in [1.165, 1.54) is 0 Å². The number of hydrogen-bond acceptors (Lipinski definition) is 4. The van der Waals surface area contributed by atoms with Crippen molar-refractivity contribution in [2.24, 2.45) is 10.8 Å². The number of ether oxygens (including phenoxy) is 2. The summed E-state index contributed by atoms with van der Waals surface area (Å²) in [6.07, 6.45) is 1.61. The van der Waals surface area contributed by atoms with Crippen molar-refractivity contribution in [3.63, 3.8) is 0 Å². The topological polar surface area (TPSA) is 68.9 Å². The summed E-state index contributed by atoms with van der Waals surface area (Å²) >= 11 is 6.83. The van der Waals surface area contributed by atoms with Crippen LogP contribution < -0.4 is 20.6 Å². The van der Waals surface area contributed by atoms with Crippen LogP contribution in [0, 0.1) is 3.57 Å². The van der Waals surface area contributed by atoms with Gasteiger partial charge in [-0.2, -0.15) is 5.10 Å². The van der Waals surface area contributed by atoms with E-state index in [-0.39, 0.29) is 5.11 Å². The highest BCUT2D eigenvalue weighted by Gasteiger charge is 2.10. The second-order valence-electron chi connectivity index (χ2n) is 3.20. The first kappa shape index (κ1) is 15.0. The van der Waals surface area contributed by atoms with Gasteiger partial charge in [0, 0.05) is 0 Å². The summed E-state index contributed by atoms with van der Waals surface area (Å²) in [5, 5.41) is 4.02. The Labute approximate surface area is 125 Å². The molecule has 0 aromatic heterocycles. The smallest absolute Gasteiger partial charge is 0.184 e. The monoisotopic (exact) mass is 379 g/mol. The maximum absolute atomic E-state index is 5.52. The quantitative estimate of drug-likeness (QED) is 0.354. The molecular formula is C11H14IN3O2S. The minimum atomic E-state index is 0.124. The van der Waals surface area contributed by atoms with Gasteiger partial charge in [0.05, 0.1) is 23.5 Å². The zero-order valence-corrected chi connectivity index (χ0v) is 13.0. The predicted molar refractivity (Wildman–Crippen MR) is 84.4 cm³/mol. The van der Waals surface area contributed by atoms with Crippen molar-refractivity contribution in [1.82, 2.24) is 5.43 Å². The van der Waals surface area contributed by atoms with Gasteiger partial charge in [0.15, 0.2) is 16.6 Å². The lowest BCUT2D eigenvalue weighted by Gasteiger charge is -2.11. The lowest BCUT2D eigenvalue weighted by Crippen LogP contribution is -2.24. The minimum absolute atomic E-state index is 0.124. The number of thiocarbonyl (C=S) groups is 1. The van der Waals surface area contributed by atoms with Crippen LogP contribution in [0.25, 0.3) is 0 Å². The van der Waals surface area contributed by atoms with Gasteiger partial charge < -0.3 is 15.2 Å². The van der Waals surface area contributed by atoms with E-state index < -0.39 is 0 Å². The highest BCUT2D eigenvalue weighted by atomic mass is 127. The maximum atomic E-state index is 5.52. The summed E-state index contributed by atoms with van der Waals surface area (Å²) in [7, 11) is 1.60. The molecule has 0 amide bonds. The van der Waals surface area contributed by atoms with Crippen LogP contribution in [0.5, 0.6) is 11.5 Å². The molecule has 0 atom stereocenters. The Bertz CT molecular complexity index is 466. The second-order valence-corrected chi connectivity index (χ2v) is 4.80. The standard InChI is InChI=1S/C11H14IN3O2S/c1-3-17-10-8(12)4-7(5-9(10)16-2)6-14-15-11(13)18/h4-6H,3H2,1-2H3,(H3,13,15,18)/b14-6-. The maximum Gasteiger partial charge on any atom is 0.184 e. The number of nitrogens with zero attached hydrogens (tertiary/aromatic N) is 1. The minimum Gasteiger partial charge on any atom is -0.493 e. The molecule has 0 radical (unpaired) electrons. The van der Waals surface area contributed by atoms with Crippen molar-refractivity contribution in [1.29, 1.82) is 0 Å². The third-order valence-electron chi connectivity index (χ3n) is 1.93. The molecule has 1 rings (SSSR count). The lowest BCUT2D eigenvalue weighted by atomic mass is 10.2. The van der Waals surface area contributed by atoms with Gasteiger partial charge in [-0.15, -0.1) is 0 Å². The number of nitrogens with two attached hydrogens (primary N) is 1. The van der Waals surface area contributed by atoms with Gasteiger partial charge in [0.25, 0.3) is 0 Å². The lowest BCUT2D eigenvalue weighted by molar-refractivity contribution is 0.308. The normalized spacial score (nSPS) is 10.4. The van der Waals surface area contributed by atoms with E-state index >= 15 is 0 Å². The molecule has 98 valence electrons. The van der Waals surface area contributed by atoms with Crippen LogP contribution in [0.15, 0.2) is 17.2 Å². The largest absolute Gasteiger partial charge is 0.493 e. The fraction of sp³-hybridized carbons (Fsp3) is 0.273. The first-order valence-corrected chi connectivity index (χ1v) is 6.66. The zero-order chi connectivity index (χ0) is 13.5. The van der Waals surface area contributed by atoms with E-state index in [9.17, 15) is 0 Å². The molecule has 0 unspecified atom stereocenters. The molecule has 0 aliphatic rings. The molecule has 7 heteroatoms. The third kappa shape index (κ3) is 4.30. The van der Waals surface area contributed by atoms with Crippen molar-refractivity contribution in [3.8, 4) is 11.5 Å². The molecule has 5 nitrogen and oxygen atoms in total. The summed E-state index contributed by atoms with van der Waals surface area (Å²) in [5.41, 5.74) is 8.63. The Morgan fingerprint density at radius 3 is 2.89 bits per heavy atom. The fourth-order valence-corrected chi connectivity index (χ4v) is 2.10. The summed E-state index contributed by atoms with van der Waals surface area (Å²) in [5.74, 6) is 1.40. The van der Waals surface area contributed by atoms with Crippen LogP contribution in [0.4, 0.5) is 0 Å². The molecule has 0 saturated carbocycles. The molecule has 0 saturated heterocycles. The highest BCUT2D eigenvalue weighted by molar-refractivity contribution is 14.1. The first-order valence-electron chi connectivity index (χ1n) is 5.17. The van der Waals surface area contributed by atoms with Crippen molar-refractivity contribution < 1.29 is 9.47 Å². The summed E-state index contributed by atoms with van der Waals surface area (Å²) < 4.78 is 11.8. The Kier molecular flexibility index (Phi) is 6.13. The Hall–Kier alpha value is -1.09. The number of halogens is 1. The van der Waals surface area contributed by atoms with Crippen LogP contribution in [0.2, 0.25) is 0 Å². The summed E-state index contributed by atoms with van der Waals surface area (Å²) in [4.78, 5) is 0. The van der Waals surface area contributed by atoms with Gasteiger partial charge in [-0.1, -0.05) is 0 Å². The van der Waals surface area contributed by atoms with E-state index in [1.54, 1.807) is 13.3 Å². The van der Waals surface area contributed by atoms with Gasteiger partial charge in [-0.05, 0) is 59.4 Å². The number of hydrazone groups is 1. The molecular weight excluding hydrogens is 365 g/mol. The fourth-order valence-electron chi connectivity index (χ4n) is 1.27. The van der Waals surface area contributed by atoms with Gasteiger partial charge in [-0.3, -0.25) is 5.43 Å². The Morgan fingerprint density at radius 2 is 2.33 bits per heavy atom. The molecule has 0 aliphatic carbocycles. The van der Waals surface area contributed by atoms with E-state index in [0.29, 0.717) is 12.4 Å². The van der Waals surface area contributed by atoms with Crippen molar-refractivity contribution >= 4 is 46.1 Å². The number of nitrogens with one attached hydrogen (secondary N) is 1. The van der Waals surface area contributed by atoms with Crippen LogP contribution >= 0.6 is 34.8 Å². The molecule has 0 aliphatic heterocycles. The zero-order valence-electron chi connectivity index (χ0n) is 10.1. The van der Waals surface area contributed by atoms with E-state index in [4.69, 9.17) is 15.2 Å². The van der Waals surface area contributed by atoms with Crippen molar-refractivity contribution in [3.05, 3.63) is 21.3 Å². The SMILES string of the molecule is CCOc1c(I)cc(/C=N\NC(N)=S)cc1OC. The van der Waals surface area contributed by atoms with Gasteiger partial charge in [0.1, 0.15) is 0 Å². The molecule has 0 heterocycles. The van der Waals surface area contributed by atoms with Gasteiger partial charge in [0.2, 0.25) is 0 Å². The highest BCUT2D eigenvalue weighted by Crippen LogP contribution is 2.33. The molecule has 0 fully saturated rings. The molecule has 18 heavy (non-hydrogen) atoms. The molecule has 1 aromatic rings. The second kappa shape index (κ2) is 7.37. The van der Waals surface area contributed by atoms with Crippen LogP contribution in [0.1, 0.15) is 12.5 Å². The van der Waals surface area contributed by atoms with Crippen molar-refractivity contribution in [2.45, 2.75) is 6.92 Å². The van der Waals surface area contributed by atoms with Crippen LogP contribution in [0.3, 0.4) is 0 Å². The summed E-state index contributed by atoms with van der Waals surface area (Å²) in [6.45, 7) is 2.51. The first-order chi connectivity index (χ1) is 8.58. The van der Waals surface area contributed by atoms with Crippen molar-refractivity contribution in [2.75, 3.05) is 13.7 Å². The Morgan fingerprint density at radius 1 is 1.61 bits per heavy atom. The van der Waals surface area contributed by atoms with Gasteiger partial charge >= 0.3 is 0 Å². The molecule has 1 aromatic carbocycles. The van der Waals surface area contributed by atoms with Crippen LogP contribution in [-0.4, -0.2) is 25.0 Å².